The van der Waals surface area contributed by atoms with Crippen LogP contribution in [-0.4, -0.2) is 33.4 Å². The Morgan fingerprint density at radius 2 is 2.03 bits per heavy atom. The van der Waals surface area contributed by atoms with E-state index in [1.54, 1.807) is 18.2 Å². The molecule has 0 spiro atoms. The second-order valence-corrected chi connectivity index (χ2v) is 8.92. The Kier molecular flexibility index (Phi) is 5.68. The minimum atomic E-state index is -0.433. The standard InChI is InChI=1S/C27H27FN4O/c1-31-15-22(24-13-23(28)8-10-26(24)31)17-32-11-3-6-21(16-32)25-9-7-20(14-30-25)18-4-2-5-19(12-18)27(29)33/h2,4-5,7-10,12-15,21H,3,6,11,16-17H2,1H3,(H2,29,33). The number of hydrogen-bond acceptors (Lipinski definition) is 3. The van der Waals surface area contributed by atoms with Crippen molar-refractivity contribution in [2.45, 2.75) is 25.3 Å². The van der Waals surface area contributed by atoms with Crippen LogP contribution in [0.4, 0.5) is 4.39 Å². The van der Waals surface area contributed by atoms with Crippen LogP contribution in [0, 0.1) is 5.82 Å². The van der Waals surface area contributed by atoms with Gasteiger partial charge < -0.3 is 10.3 Å². The summed E-state index contributed by atoms with van der Waals surface area (Å²) in [6.45, 7) is 2.75. The van der Waals surface area contributed by atoms with Gasteiger partial charge in [-0.15, -0.1) is 0 Å². The highest BCUT2D eigenvalue weighted by Crippen LogP contribution is 2.30. The second kappa shape index (κ2) is 8.79. The Morgan fingerprint density at radius 3 is 2.82 bits per heavy atom. The third kappa shape index (κ3) is 4.39. The third-order valence-corrected chi connectivity index (χ3v) is 6.62. The summed E-state index contributed by atoms with van der Waals surface area (Å²) in [5, 5.41) is 0.986. The lowest BCUT2D eigenvalue weighted by Gasteiger charge is -2.32. The van der Waals surface area contributed by atoms with E-state index < -0.39 is 5.91 Å². The number of primary amides is 1. The SMILES string of the molecule is Cn1cc(CN2CCCC(c3ccc(-c4cccc(C(N)=O)c4)cn3)C2)c2cc(F)ccc21. The molecule has 1 fully saturated rings. The highest BCUT2D eigenvalue weighted by Gasteiger charge is 2.23. The first-order valence-corrected chi connectivity index (χ1v) is 11.3. The minimum Gasteiger partial charge on any atom is -0.366 e. The lowest BCUT2D eigenvalue weighted by atomic mass is 9.93. The molecule has 0 radical (unpaired) electrons. The van der Waals surface area contributed by atoms with Gasteiger partial charge in [-0.1, -0.05) is 18.2 Å². The van der Waals surface area contributed by atoms with Gasteiger partial charge >= 0.3 is 0 Å². The maximum atomic E-state index is 13.9. The number of benzene rings is 2. The van der Waals surface area contributed by atoms with Gasteiger partial charge in [0.25, 0.3) is 0 Å². The first-order valence-electron chi connectivity index (χ1n) is 11.3. The van der Waals surface area contributed by atoms with Crippen LogP contribution in [0.2, 0.25) is 0 Å². The van der Waals surface area contributed by atoms with Gasteiger partial charge in [-0.05, 0) is 66.9 Å². The average molecular weight is 443 g/mol. The van der Waals surface area contributed by atoms with Crippen molar-refractivity contribution in [3.05, 3.63) is 89.6 Å². The lowest BCUT2D eigenvalue weighted by molar-refractivity contribution is 0.100. The molecule has 0 bridgehead atoms. The van der Waals surface area contributed by atoms with E-state index in [-0.39, 0.29) is 5.82 Å². The van der Waals surface area contributed by atoms with Crippen LogP contribution in [0.5, 0.6) is 0 Å². The summed E-state index contributed by atoms with van der Waals surface area (Å²) in [5.41, 5.74) is 11.1. The van der Waals surface area contributed by atoms with E-state index in [1.165, 1.54) is 6.07 Å². The highest BCUT2D eigenvalue weighted by atomic mass is 19.1. The van der Waals surface area contributed by atoms with Crippen LogP contribution in [-0.2, 0) is 13.6 Å². The van der Waals surface area contributed by atoms with Gasteiger partial charge in [0.05, 0.1) is 0 Å². The van der Waals surface area contributed by atoms with Crippen molar-refractivity contribution in [2.24, 2.45) is 12.8 Å². The van der Waals surface area contributed by atoms with Gasteiger partial charge in [0.1, 0.15) is 5.82 Å². The van der Waals surface area contributed by atoms with Crippen molar-refractivity contribution in [1.82, 2.24) is 14.5 Å². The van der Waals surface area contributed by atoms with E-state index in [4.69, 9.17) is 10.7 Å². The molecule has 6 heteroatoms. The number of pyridine rings is 1. The number of nitrogens with zero attached hydrogens (tertiary/aromatic N) is 3. The van der Waals surface area contributed by atoms with Gasteiger partial charge in [-0.3, -0.25) is 14.7 Å². The maximum Gasteiger partial charge on any atom is 0.248 e. The number of aryl methyl sites for hydroxylation is 1. The van der Waals surface area contributed by atoms with Crippen LogP contribution >= 0.6 is 0 Å². The first kappa shape index (κ1) is 21.3. The topological polar surface area (TPSA) is 64.2 Å². The summed E-state index contributed by atoms with van der Waals surface area (Å²) in [5.74, 6) is -0.272. The fraction of sp³-hybridized carbons (Fsp3) is 0.259. The molecule has 1 aliphatic heterocycles. The van der Waals surface area contributed by atoms with Gasteiger partial charge in [-0.2, -0.15) is 0 Å². The molecule has 0 saturated carbocycles. The molecule has 2 aromatic carbocycles. The van der Waals surface area contributed by atoms with Crippen molar-refractivity contribution >= 4 is 16.8 Å². The number of piperidine rings is 1. The van der Waals surface area contributed by atoms with Crippen molar-refractivity contribution in [2.75, 3.05) is 13.1 Å². The molecular formula is C27H27FN4O. The van der Waals surface area contributed by atoms with Crippen LogP contribution in [0.3, 0.4) is 0 Å². The van der Waals surface area contributed by atoms with Crippen molar-refractivity contribution in [1.29, 1.82) is 0 Å². The maximum absolute atomic E-state index is 13.9. The first-order chi connectivity index (χ1) is 16.0. The molecule has 168 valence electrons. The molecule has 2 N–H and O–H groups in total. The molecule has 1 saturated heterocycles. The zero-order valence-electron chi connectivity index (χ0n) is 18.7. The number of nitrogens with two attached hydrogens (primary N) is 1. The zero-order chi connectivity index (χ0) is 22.9. The summed E-state index contributed by atoms with van der Waals surface area (Å²) in [6, 6.07) is 16.5. The number of carbonyl (C=O) groups excluding carboxylic acids is 1. The van der Waals surface area contributed by atoms with E-state index in [0.717, 1.165) is 65.8 Å². The number of rotatable bonds is 5. The Hall–Kier alpha value is -3.51. The summed E-state index contributed by atoms with van der Waals surface area (Å²) in [6.07, 6.45) is 6.20. The van der Waals surface area contributed by atoms with Crippen LogP contribution in [0.1, 0.15) is 40.4 Å². The summed E-state index contributed by atoms with van der Waals surface area (Å²) < 4.78 is 15.9. The quantitative estimate of drug-likeness (QED) is 0.480. The Morgan fingerprint density at radius 1 is 1.15 bits per heavy atom. The van der Waals surface area contributed by atoms with Crippen molar-refractivity contribution < 1.29 is 9.18 Å². The minimum absolute atomic E-state index is 0.197. The second-order valence-electron chi connectivity index (χ2n) is 8.92. The molecular weight excluding hydrogens is 415 g/mol. The third-order valence-electron chi connectivity index (χ3n) is 6.62. The fourth-order valence-corrected chi connectivity index (χ4v) is 4.92. The predicted octanol–water partition coefficient (Wildman–Crippen LogP) is 4.86. The molecule has 1 amide bonds. The largest absolute Gasteiger partial charge is 0.366 e. The molecule has 4 aromatic rings. The van der Waals surface area contributed by atoms with Crippen molar-refractivity contribution in [3.63, 3.8) is 0 Å². The van der Waals surface area contributed by atoms with Gasteiger partial charge in [0.15, 0.2) is 0 Å². The van der Waals surface area contributed by atoms with Crippen LogP contribution in [0.25, 0.3) is 22.0 Å². The number of likely N-dealkylation sites (tertiary alicyclic amines) is 1. The monoisotopic (exact) mass is 442 g/mol. The number of fused-ring (bicyclic) bond motifs is 1. The molecule has 1 aliphatic rings. The van der Waals surface area contributed by atoms with Gasteiger partial charge in [-0.25, -0.2) is 4.39 Å². The summed E-state index contributed by atoms with van der Waals surface area (Å²) in [7, 11) is 2.01. The number of amides is 1. The molecule has 5 rings (SSSR count). The molecule has 2 aromatic heterocycles. The van der Waals surface area contributed by atoms with E-state index in [9.17, 15) is 9.18 Å². The normalized spacial score (nSPS) is 16.8. The van der Waals surface area contributed by atoms with Crippen LogP contribution < -0.4 is 5.73 Å². The molecule has 3 heterocycles. The lowest BCUT2D eigenvalue weighted by Crippen LogP contribution is -2.34. The van der Waals surface area contributed by atoms with E-state index in [0.29, 0.717) is 11.5 Å². The van der Waals surface area contributed by atoms with Gasteiger partial charge in [0.2, 0.25) is 5.91 Å². The molecule has 0 aliphatic carbocycles. The molecule has 1 atom stereocenters. The fourth-order valence-electron chi connectivity index (χ4n) is 4.92. The average Bonchev–Trinajstić information content (AvgIpc) is 3.13. The van der Waals surface area contributed by atoms with Crippen molar-refractivity contribution in [3.8, 4) is 11.1 Å². The van der Waals surface area contributed by atoms with E-state index in [2.05, 4.69) is 27.8 Å². The highest BCUT2D eigenvalue weighted by molar-refractivity contribution is 5.94. The summed E-state index contributed by atoms with van der Waals surface area (Å²) in [4.78, 5) is 18.7. The Balaban J connectivity index is 1.32. The smallest absolute Gasteiger partial charge is 0.248 e. The number of hydrogen-bond donors (Lipinski definition) is 1. The Labute approximate surface area is 192 Å². The van der Waals surface area contributed by atoms with E-state index >= 15 is 0 Å². The molecule has 1 unspecified atom stereocenters. The van der Waals surface area contributed by atoms with Gasteiger partial charge in [0, 0.05) is 66.2 Å². The molecule has 5 nitrogen and oxygen atoms in total. The zero-order valence-corrected chi connectivity index (χ0v) is 18.7. The number of halogens is 1. The predicted molar refractivity (Wildman–Crippen MR) is 128 cm³/mol. The number of carbonyl (C=O) groups is 1. The molecule has 33 heavy (non-hydrogen) atoms. The summed E-state index contributed by atoms with van der Waals surface area (Å²) >= 11 is 0. The Bertz CT molecular complexity index is 1310. The van der Waals surface area contributed by atoms with E-state index in [1.807, 2.05) is 31.4 Å². The number of aromatic nitrogens is 2. The van der Waals surface area contributed by atoms with Crippen LogP contribution in [0.15, 0.2) is 67.0 Å².